The minimum absolute atomic E-state index is 0.0731. The van der Waals surface area contributed by atoms with Gasteiger partial charge in [0.1, 0.15) is 6.61 Å². The SMILES string of the molecule is C[C@@H]1CN(c2nc(C(F)(F)F)no2)CCN1c1ncc(OCc2ccccc2)cn1. The van der Waals surface area contributed by atoms with Crippen molar-refractivity contribution in [3.63, 3.8) is 0 Å². The molecule has 0 amide bonds. The Morgan fingerprint density at radius 1 is 1.13 bits per heavy atom. The van der Waals surface area contributed by atoms with E-state index in [4.69, 9.17) is 9.26 Å². The number of nitrogens with zero attached hydrogens (tertiary/aromatic N) is 6. The molecule has 0 bridgehead atoms. The third kappa shape index (κ3) is 4.44. The van der Waals surface area contributed by atoms with E-state index >= 15 is 0 Å². The molecule has 1 aliphatic heterocycles. The van der Waals surface area contributed by atoms with Crippen LogP contribution in [0.25, 0.3) is 0 Å². The first-order chi connectivity index (χ1) is 14.4. The smallest absolute Gasteiger partial charge is 0.455 e. The Hall–Kier alpha value is -3.37. The molecule has 0 N–H and O–H groups in total. The molecule has 158 valence electrons. The molecule has 1 fully saturated rings. The number of benzene rings is 1. The molecule has 8 nitrogen and oxygen atoms in total. The Morgan fingerprint density at radius 3 is 2.50 bits per heavy atom. The fraction of sp³-hybridized carbons (Fsp3) is 0.368. The molecule has 1 atom stereocenters. The molecular weight excluding hydrogens is 401 g/mol. The lowest BCUT2D eigenvalue weighted by Crippen LogP contribution is -2.52. The highest BCUT2D eigenvalue weighted by atomic mass is 19.4. The summed E-state index contributed by atoms with van der Waals surface area (Å²) in [6.07, 6.45) is -1.41. The summed E-state index contributed by atoms with van der Waals surface area (Å²) < 4.78 is 48.5. The van der Waals surface area contributed by atoms with E-state index in [1.807, 2.05) is 42.2 Å². The number of piperazine rings is 1. The number of rotatable bonds is 5. The third-order valence-electron chi connectivity index (χ3n) is 4.69. The highest BCUT2D eigenvalue weighted by Gasteiger charge is 2.38. The fourth-order valence-electron chi connectivity index (χ4n) is 3.16. The van der Waals surface area contributed by atoms with Gasteiger partial charge in [0.15, 0.2) is 5.75 Å². The molecule has 1 saturated heterocycles. The molecule has 30 heavy (non-hydrogen) atoms. The Kier molecular flexibility index (Phi) is 5.42. The molecule has 1 aliphatic rings. The van der Waals surface area contributed by atoms with E-state index in [9.17, 15) is 13.2 Å². The molecule has 11 heteroatoms. The van der Waals surface area contributed by atoms with Crippen molar-refractivity contribution in [1.29, 1.82) is 0 Å². The maximum atomic E-state index is 12.7. The monoisotopic (exact) mass is 420 g/mol. The Labute approximate surface area is 170 Å². The van der Waals surface area contributed by atoms with E-state index in [0.29, 0.717) is 37.9 Å². The molecule has 3 aromatic rings. The van der Waals surface area contributed by atoms with Crippen LogP contribution in [0.15, 0.2) is 47.2 Å². The molecule has 1 aromatic carbocycles. The van der Waals surface area contributed by atoms with Gasteiger partial charge in [-0.3, -0.25) is 0 Å². The quantitative estimate of drug-likeness (QED) is 0.623. The second-order valence-corrected chi connectivity index (χ2v) is 6.88. The van der Waals surface area contributed by atoms with E-state index in [2.05, 4.69) is 20.1 Å². The second kappa shape index (κ2) is 8.17. The first kappa shape index (κ1) is 19.9. The van der Waals surface area contributed by atoms with Gasteiger partial charge in [-0.05, 0) is 17.6 Å². The van der Waals surface area contributed by atoms with Gasteiger partial charge in [0.05, 0.1) is 12.4 Å². The average Bonchev–Trinajstić information content (AvgIpc) is 3.24. The van der Waals surface area contributed by atoms with E-state index < -0.39 is 12.0 Å². The van der Waals surface area contributed by atoms with Crippen LogP contribution in [0.1, 0.15) is 18.3 Å². The van der Waals surface area contributed by atoms with Gasteiger partial charge >= 0.3 is 12.2 Å². The molecule has 0 saturated carbocycles. The lowest BCUT2D eigenvalue weighted by molar-refractivity contribution is -0.146. The van der Waals surface area contributed by atoms with Crippen LogP contribution >= 0.6 is 0 Å². The van der Waals surface area contributed by atoms with E-state index in [1.54, 1.807) is 17.3 Å². The van der Waals surface area contributed by atoms with Crippen molar-refractivity contribution in [3.05, 3.63) is 54.1 Å². The van der Waals surface area contributed by atoms with Crippen LogP contribution in [0.5, 0.6) is 5.75 Å². The topological polar surface area (TPSA) is 80.4 Å². The van der Waals surface area contributed by atoms with Crippen molar-refractivity contribution >= 4 is 12.0 Å². The van der Waals surface area contributed by atoms with Crippen LogP contribution in [0.3, 0.4) is 0 Å². The Balaban J connectivity index is 1.36. The fourth-order valence-corrected chi connectivity index (χ4v) is 3.16. The summed E-state index contributed by atoms with van der Waals surface area (Å²) in [7, 11) is 0. The van der Waals surface area contributed by atoms with Crippen molar-refractivity contribution in [3.8, 4) is 5.75 Å². The van der Waals surface area contributed by atoms with Gasteiger partial charge in [-0.1, -0.05) is 30.3 Å². The minimum atomic E-state index is -4.63. The maximum absolute atomic E-state index is 12.7. The number of halogens is 3. The van der Waals surface area contributed by atoms with Gasteiger partial charge in [-0.2, -0.15) is 18.2 Å². The largest absolute Gasteiger partial charge is 0.486 e. The second-order valence-electron chi connectivity index (χ2n) is 6.88. The number of alkyl halides is 3. The summed E-state index contributed by atoms with van der Waals surface area (Å²) in [4.78, 5) is 15.8. The summed E-state index contributed by atoms with van der Waals surface area (Å²) in [5, 5.41) is 3.01. The normalized spacial score (nSPS) is 17.3. The first-order valence-corrected chi connectivity index (χ1v) is 9.31. The molecule has 3 heterocycles. The van der Waals surface area contributed by atoms with Gasteiger partial charge in [0, 0.05) is 25.7 Å². The van der Waals surface area contributed by atoms with Gasteiger partial charge in [-0.15, -0.1) is 0 Å². The van der Waals surface area contributed by atoms with E-state index in [0.717, 1.165) is 5.56 Å². The van der Waals surface area contributed by atoms with Crippen molar-refractivity contribution < 1.29 is 22.4 Å². The summed E-state index contributed by atoms with van der Waals surface area (Å²) in [6.45, 7) is 3.64. The number of hydrogen-bond donors (Lipinski definition) is 0. The first-order valence-electron chi connectivity index (χ1n) is 9.31. The lowest BCUT2D eigenvalue weighted by Gasteiger charge is -2.38. The third-order valence-corrected chi connectivity index (χ3v) is 4.69. The zero-order chi connectivity index (χ0) is 21.1. The zero-order valence-corrected chi connectivity index (χ0v) is 16.1. The van der Waals surface area contributed by atoms with E-state index in [1.165, 1.54) is 0 Å². The maximum Gasteiger partial charge on any atom is 0.455 e. The average molecular weight is 420 g/mol. The van der Waals surface area contributed by atoms with Crippen LogP contribution in [0, 0.1) is 0 Å². The molecule has 0 radical (unpaired) electrons. The number of aromatic nitrogens is 4. The predicted molar refractivity (Wildman–Crippen MR) is 101 cm³/mol. The highest BCUT2D eigenvalue weighted by molar-refractivity contribution is 5.39. The summed E-state index contributed by atoms with van der Waals surface area (Å²) in [6, 6.07) is 9.55. The van der Waals surface area contributed by atoms with Crippen LogP contribution in [0.4, 0.5) is 25.1 Å². The molecule has 4 rings (SSSR count). The van der Waals surface area contributed by atoms with Crippen molar-refractivity contribution in [2.24, 2.45) is 0 Å². The van der Waals surface area contributed by atoms with Crippen LogP contribution in [-0.4, -0.2) is 45.8 Å². The molecule has 0 unspecified atom stereocenters. The van der Waals surface area contributed by atoms with Gasteiger partial charge in [0.2, 0.25) is 5.95 Å². The molecule has 0 aliphatic carbocycles. The summed E-state index contributed by atoms with van der Waals surface area (Å²) >= 11 is 0. The highest BCUT2D eigenvalue weighted by Crippen LogP contribution is 2.29. The molecular formula is C19H19F3N6O2. The summed E-state index contributed by atoms with van der Waals surface area (Å²) in [5.41, 5.74) is 1.04. The lowest BCUT2D eigenvalue weighted by atomic mass is 10.2. The Bertz CT molecular complexity index is 964. The minimum Gasteiger partial charge on any atom is -0.486 e. The van der Waals surface area contributed by atoms with Gasteiger partial charge < -0.3 is 19.1 Å². The summed E-state index contributed by atoms with van der Waals surface area (Å²) in [5.74, 6) is -0.197. The number of anilines is 2. The van der Waals surface area contributed by atoms with Crippen LogP contribution in [-0.2, 0) is 12.8 Å². The van der Waals surface area contributed by atoms with Gasteiger partial charge in [-0.25, -0.2) is 9.97 Å². The van der Waals surface area contributed by atoms with Crippen molar-refractivity contribution in [2.75, 3.05) is 29.4 Å². The van der Waals surface area contributed by atoms with Crippen LogP contribution in [0.2, 0.25) is 0 Å². The number of hydrogen-bond acceptors (Lipinski definition) is 8. The Morgan fingerprint density at radius 2 is 1.87 bits per heavy atom. The predicted octanol–water partition coefficient (Wildman–Crippen LogP) is 3.17. The zero-order valence-electron chi connectivity index (χ0n) is 16.1. The number of ether oxygens (including phenoxy) is 1. The molecule has 0 spiro atoms. The van der Waals surface area contributed by atoms with E-state index in [-0.39, 0.29) is 12.1 Å². The van der Waals surface area contributed by atoms with Gasteiger partial charge in [0.25, 0.3) is 5.82 Å². The van der Waals surface area contributed by atoms with Crippen LogP contribution < -0.4 is 14.5 Å². The van der Waals surface area contributed by atoms with Crippen molar-refractivity contribution in [1.82, 2.24) is 20.1 Å². The standard InChI is InChI=1S/C19H19F3N6O2/c1-13-11-27(18-25-16(26-30-18)19(20,21)22)7-8-28(13)17-23-9-15(10-24-17)29-12-14-5-3-2-4-6-14/h2-6,9-10,13H,7-8,11-12H2,1H3/t13-/m1/s1. The molecule has 2 aromatic heterocycles. The van der Waals surface area contributed by atoms with Crippen molar-refractivity contribution in [2.45, 2.75) is 25.7 Å².